The van der Waals surface area contributed by atoms with Crippen molar-refractivity contribution in [3.63, 3.8) is 0 Å². The Hall–Kier alpha value is -5.70. The standard InChI is InChI=1S/C47H31NS/c1-47(2)39-17-9-7-13-33(39)34-23-20-31(27-40(34)47)30-21-24-41-38(26-30)43-35-14-5-6-15-36(35)44-37-16-8-10-18-42(37)49-46(44)45(43)48(41)32-22-19-28-11-3-4-12-29(28)25-32/h3-27H,1-2H3. The van der Waals surface area contributed by atoms with Crippen LogP contribution in [0.25, 0.3) is 91.5 Å². The predicted molar refractivity (Wildman–Crippen MR) is 212 cm³/mol. The highest BCUT2D eigenvalue weighted by molar-refractivity contribution is 7.27. The molecule has 1 nitrogen and oxygen atoms in total. The summed E-state index contributed by atoms with van der Waals surface area (Å²) in [4.78, 5) is 0. The molecule has 0 unspecified atom stereocenters. The Morgan fingerprint density at radius 3 is 2.04 bits per heavy atom. The van der Waals surface area contributed by atoms with Crippen LogP contribution in [0.1, 0.15) is 25.0 Å². The number of benzene rings is 8. The summed E-state index contributed by atoms with van der Waals surface area (Å²) >= 11 is 1.92. The number of fused-ring (bicyclic) bond motifs is 14. The molecule has 230 valence electrons. The fourth-order valence-electron chi connectivity index (χ4n) is 8.82. The molecule has 0 N–H and O–H groups in total. The van der Waals surface area contributed by atoms with E-state index in [4.69, 9.17) is 0 Å². The zero-order valence-corrected chi connectivity index (χ0v) is 28.1. The van der Waals surface area contributed by atoms with Crippen LogP contribution in [0.4, 0.5) is 0 Å². The van der Waals surface area contributed by atoms with Crippen molar-refractivity contribution >= 4 is 74.9 Å². The summed E-state index contributed by atoms with van der Waals surface area (Å²) in [7, 11) is 0. The van der Waals surface area contributed by atoms with Crippen LogP contribution in [0.2, 0.25) is 0 Å². The van der Waals surface area contributed by atoms with Crippen molar-refractivity contribution in [2.24, 2.45) is 0 Å². The van der Waals surface area contributed by atoms with Crippen LogP contribution in [0, 0.1) is 0 Å². The molecule has 0 atom stereocenters. The number of aromatic nitrogens is 1. The highest BCUT2D eigenvalue weighted by Gasteiger charge is 2.35. The summed E-state index contributed by atoms with van der Waals surface area (Å²) in [5, 5.41) is 10.4. The van der Waals surface area contributed by atoms with Gasteiger partial charge >= 0.3 is 0 Å². The van der Waals surface area contributed by atoms with Gasteiger partial charge in [-0.05, 0) is 91.3 Å². The molecule has 11 rings (SSSR count). The van der Waals surface area contributed by atoms with E-state index in [2.05, 4.69) is 170 Å². The Bertz CT molecular complexity index is 3020. The molecule has 49 heavy (non-hydrogen) atoms. The Balaban J connectivity index is 1.26. The van der Waals surface area contributed by atoms with E-state index in [-0.39, 0.29) is 5.41 Å². The molecule has 0 aliphatic heterocycles. The van der Waals surface area contributed by atoms with Crippen molar-refractivity contribution in [3.8, 4) is 27.9 Å². The molecular weight excluding hydrogens is 611 g/mol. The first-order valence-electron chi connectivity index (χ1n) is 17.1. The second kappa shape index (κ2) is 9.69. The minimum atomic E-state index is -0.0405. The van der Waals surface area contributed by atoms with Gasteiger partial charge in [0.25, 0.3) is 0 Å². The molecule has 0 fully saturated rings. The highest BCUT2D eigenvalue weighted by Crippen LogP contribution is 2.51. The number of nitrogens with zero attached hydrogens (tertiary/aromatic N) is 1. The van der Waals surface area contributed by atoms with E-state index in [1.807, 2.05) is 11.3 Å². The maximum atomic E-state index is 2.54. The van der Waals surface area contributed by atoms with E-state index in [0.29, 0.717) is 0 Å². The lowest BCUT2D eigenvalue weighted by molar-refractivity contribution is 0.660. The van der Waals surface area contributed by atoms with Crippen molar-refractivity contribution in [3.05, 3.63) is 163 Å². The Labute approximate surface area is 288 Å². The van der Waals surface area contributed by atoms with Gasteiger partial charge in [0, 0.05) is 37.3 Å². The van der Waals surface area contributed by atoms with Gasteiger partial charge in [-0.2, -0.15) is 0 Å². The zero-order chi connectivity index (χ0) is 32.4. The van der Waals surface area contributed by atoms with E-state index in [0.717, 1.165) is 0 Å². The van der Waals surface area contributed by atoms with E-state index >= 15 is 0 Å². The first kappa shape index (κ1) is 27.3. The van der Waals surface area contributed by atoms with Crippen molar-refractivity contribution in [1.82, 2.24) is 4.57 Å². The molecule has 10 aromatic rings. The van der Waals surface area contributed by atoms with Crippen molar-refractivity contribution in [1.29, 1.82) is 0 Å². The summed E-state index contributed by atoms with van der Waals surface area (Å²) in [6, 6.07) is 56.7. The van der Waals surface area contributed by atoms with Gasteiger partial charge in [-0.15, -0.1) is 11.3 Å². The lowest BCUT2D eigenvalue weighted by atomic mass is 9.81. The third kappa shape index (κ3) is 3.64. The van der Waals surface area contributed by atoms with Crippen LogP contribution in [0.5, 0.6) is 0 Å². The summed E-state index contributed by atoms with van der Waals surface area (Å²) in [6.07, 6.45) is 0. The normalized spacial score (nSPS) is 13.7. The minimum Gasteiger partial charge on any atom is -0.308 e. The third-order valence-corrected chi connectivity index (χ3v) is 12.3. The molecule has 0 radical (unpaired) electrons. The van der Waals surface area contributed by atoms with Crippen LogP contribution in [0.3, 0.4) is 0 Å². The minimum absolute atomic E-state index is 0.0405. The van der Waals surface area contributed by atoms with Crippen molar-refractivity contribution in [2.75, 3.05) is 0 Å². The quantitative estimate of drug-likeness (QED) is 0.177. The second-order valence-electron chi connectivity index (χ2n) is 14.1. The monoisotopic (exact) mass is 641 g/mol. The Kier molecular flexibility index (Phi) is 5.39. The van der Waals surface area contributed by atoms with Crippen LogP contribution in [-0.2, 0) is 5.41 Å². The number of rotatable bonds is 2. The summed E-state index contributed by atoms with van der Waals surface area (Å²) in [5.74, 6) is 0. The highest BCUT2D eigenvalue weighted by atomic mass is 32.1. The Morgan fingerprint density at radius 1 is 0.490 bits per heavy atom. The first-order chi connectivity index (χ1) is 24.1. The van der Waals surface area contributed by atoms with E-state index in [1.54, 1.807) is 0 Å². The van der Waals surface area contributed by atoms with Gasteiger partial charge in [0.05, 0.1) is 15.7 Å². The SMILES string of the molecule is CC1(C)c2ccccc2-c2ccc(-c3ccc4c(c3)c3c5ccccc5c5c6ccccc6sc5c3n4-c3ccc4ccccc4c3)cc21. The van der Waals surface area contributed by atoms with Crippen molar-refractivity contribution < 1.29 is 0 Å². The first-order valence-corrected chi connectivity index (χ1v) is 17.9. The molecule has 0 spiro atoms. The lowest BCUT2D eigenvalue weighted by Crippen LogP contribution is -2.14. The molecule has 0 saturated carbocycles. The van der Waals surface area contributed by atoms with Crippen LogP contribution < -0.4 is 0 Å². The van der Waals surface area contributed by atoms with Crippen molar-refractivity contribution in [2.45, 2.75) is 19.3 Å². The van der Waals surface area contributed by atoms with Gasteiger partial charge in [0.2, 0.25) is 0 Å². The van der Waals surface area contributed by atoms with Gasteiger partial charge in [-0.3, -0.25) is 0 Å². The van der Waals surface area contributed by atoms with Gasteiger partial charge in [-0.25, -0.2) is 0 Å². The molecule has 0 amide bonds. The maximum Gasteiger partial charge on any atom is 0.0726 e. The molecule has 1 aliphatic rings. The zero-order valence-electron chi connectivity index (χ0n) is 27.3. The number of hydrogen-bond donors (Lipinski definition) is 0. The van der Waals surface area contributed by atoms with Crippen LogP contribution in [-0.4, -0.2) is 4.57 Å². The lowest BCUT2D eigenvalue weighted by Gasteiger charge is -2.22. The predicted octanol–water partition coefficient (Wildman–Crippen LogP) is 13.4. The third-order valence-electron chi connectivity index (χ3n) is 11.2. The largest absolute Gasteiger partial charge is 0.308 e. The van der Waals surface area contributed by atoms with E-state index in [9.17, 15) is 0 Å². The summed E-state index contributed by atoms with van der Waals surface area (Å²) in [6.45, 7) is 4.73. The molecule has 2 heteroatoms. The number of thiophene rings is 1. The topological polar surface area (TPSA) is 4.93 Å². The van der Waals surface area contributed by atoms with Gasteiger partial charge < -0.3 is 4.57 Å². The smallest absolute Gasteiger partial charge is 0.0726 e. The fourth-order valence-corrected chi connectivity index (χ4v) is 10.1. The summed E-state index contributed by atoms with van der Waals surface area (Å²) < 4.78 is 5.21. The molecule has 8 aromatic carbocycles. The molecule has 2 heterocycles. The molecule has 1 aliphatic carbocycles. The molecule has 0 saturated heterocycles. The molecule has 2 aromatic heterocycles. The molecular formula is C47H31NS. The fraction of sp³-hybridized carbons (Fsp3) is 0.0638. The second-order valence-corrected chi connectivity index (χ2v) is 15.2. The van der Waals surface area contributed by atoms with Gasteiger partial charge in [0.15, 0.2) is 0 Å². The van der Waals surface area contributed by atoms with Gasteiger partial charge in [-0.1, -0.05) is 129 Å². The average Bonchev–Trinajstić information content (AvgIpc) is 3.78. The maximum absolute atomic E-state index is 2.54. The van der Waals surface area contributed by atoms with Crippen LogP contribution >= 0.6 is 11.3 Å². The molecule has 0 bridgehead atoms. The van der Waals surface area contributed by atoms with Gasteiger partial charge in [0.1, 0.15) is 0 Å². The number of hydrogen-bond acceptors (Lipinski definition) is 1. The van der Waals surface area contributed by atoms with E-state index < -0.39 is 0 Å². The van der Waals surface area contributed by atoms with Crippen LogP contribution in [0.15, 0.2) is 152 Å². The Morgan fingerprint density at radius 2 is 1.16 bits per heavy atom. The van der Waals surface area contributed by atoms with E-state index in [1.165, 1.54) is 103 Å². The average molecular weight is 642 g/mol. The summed E-state index contributed by atoms with van der Waals surface area (Å²) in [5.41, 5.74) is 11.7.